The molecule has 0 radical (unpaired) electrons. The zero-order valence-electron chi connectivity index (χ0n) is 11.8. The van der Waals surface area contributed by atoms with Crippen molar-refractivity contribution in [2.75, 3.05) is 11.6 Å². The summed E-state index contributed by atoms with van der Waals surface area (Å²) in [6.45, 7) is 0. The van der Waals surface area contributed by atoms with E-state index < -0.39 is 14.9 Å². The second kappa shape index (κ2) is 6.40. The lowest BCUT2D eigenvalue weighted by molar-refractivity contribution is -0.384. The van der Waals surface area contributed by atoms with Crippen LogP contribution in [0.15, 0.2) is 24.3 Å². The lowest BCUT2D eigenvalue weighted by Gasteiger charge is -2.32. The van der Waals surface area contributed by atoms with Gasteiger partial charge in [0.15, 0.2) is 0 Å². The van der Waals surface area contributed by atoms with Crippen molar-refractivity contribution in [1.82, 2.24) is 4.72 Å². The molecule has 0 aliphatic heterocycles. The van der Waals surface area contributed by atoms with Crippen molar-refractivity contribution in [1.29, 1.82) is 0 Å². The van der Waals surface area contributed by atoms with E-state index >= 15 is 0 Å². The number of nitrogens with one attached hydrogen (secondary N) is 2. The smallest absolute Gasteiger partial charge is 0.269 e. The first-order chi connectivity index (χ1) is 9.85. The summed E-state index contributed by atoms with van der Waals surface area (Å²) in [7, 11) is -3.25. The summed E-state index contributed by atoms with van der Waals surface area (Å²) in [5.74, 6) is 0. The fourth-order valence-electron chi connectivity index (χ4n) is 2.61. The van der Waals surface area contributed by atoms with Gasteiger partial charge in [-0.3, -0.25) is 10.1 Å². The third-order valence-electron chi connectivity index (χ3n) is 3.56. The second-order valence-electron chi connectivity index (χ2n) is 5.34. The van der Waals surface area contributed by atoms with Crippen LogP contribution in [0, 0.1) is 10.1 Å². The minimum absolute atomic E-state index is 0.00469. The molecule has 0 aromatic heterocycles. The molecule has 1 aliphatic carbocycles. The van der Waals surface area contributed by atoms with E-state index in [0.29, 0.717) is 0 Å². The Hall–Kier alpha value is -1.67. The predicted octanol–water partition coefficient (Wildman–Crippen LogP) is 1.87. The third kappa shape index (κ3) is 4.68. The number of rotatable bonds is 5. The average molecular weight is 313 g/mol. The summed E-state index contributed by atoms with van der Waals surface area (Å²) in [5.41, 5.74) is 0.794. The first-order valence-corrected chi connectivity index (χ1v) is 8.72. The summed E-state index contributed by atoms with van der Waals surface area (Å²) in [6, 6.07) is 6.00. The van der Waals surface area contributed by atoms with E-state index in [1.165, 1.54) is 12.1 Å². The summed E-state index contributed by atoms with van der Waals surface area (Å²) in [4.78, 5) is 10.2. The van der Waals surface area contributed by atoms with E-state index in [-0.39, 0.29) is 17.8 Å². The molecule has 1 aromatic rings. The number of sulfonamides is 1. The Morgan fingerprint density at radius 2 is 1.71 bits per heavy atom. The Morgan fingerprint density at radius 3 is 2.24 bits per heavy atom. The van der Waals surface area contributed by atoms with Gasteiger partial charge in [0.2, 0.25) is 10.0 Å². The van der Waals surface area contributed by atoms with Gasteiger partial charge in [-0.25, -0.2) is 13.1 Å². The van der Waals surface area contributed by atoms with Crippen LogP contribution >= 0.6 is 0 Å². The molecule has 2 rings (SSSR count). The van der Waals surface area contributed by atoms with E-state index in [2.05, 4.69) is 10.0 Å². The third-order valence-corrected chi connectivity index (χ3v) is 4.29. The van der Waals surface area contributed by atoms with Gasteiger partial charge in [0.25, 0.3) is 5.69 Å². The van der Waals surface area contributed by atoms with Crippen molar-refractivity contribution in [3.05, 3.63) is 34.4 Å². The molecule has 21 heavy (non-hydrogen) atoms. The highest BCUT2D eigenvalue weighted by Crippen LogP contribution is 2.24. The van der Waals surface area contributed by atoms with E-state index in [0.717, 1.165) is 37.6 Å². The Bertz CT molecular complexity index is 600. The lowest BCUT2D eigenvalue weighted by Crippen LogP contribution is -2.48. The fraction of sp³-hybridized carbons (Fsp3) is 0.538. The maximum atomic E-state index is 11.4. The van der Waals surface area contributed by atoms with Crippen molar-refractivity contribution in [2.24, 2.45) is 0 Å². The standard InChI is InChI=1S/C13H19N3O4S/c1-21(19,20)15-13-5-3-2-4-12(13)14-10-6-8-11(9-7-10)16(17)18/h6-9,12-15H,2-5H2,1H3/t12-,13+/m1/s1. The first-order valence-electron chi connectivity index (χ1n) is 6.83. The molecule has 0 spiro atoms. The largest absolute Gasteiger partial charge is 0.381 e. The summed E-state index contributed by atoms with van der Waals surface area (Å²) >= 11 is 0. The number of hydrogen-bond donors (Lipinski definition) is 2. The Morgan fingerprint density at radius 1 is 1.14 bits per heavy atom. The average Bonchev–Trinajstić information content (AvgIpc) is 2.40. The number of non-ortho nitro benzene ring substituents is 1. The molecule has 8 heteroatoms. The summed E-state index contributed by atoms with van der Waals surface area (Å²) in [6.07, 6.45) is 4.84. The van der Waals surface area contributed by atoms with Crippen LogP contribution in [0.2, 0.25) is 0 Å². The molecular weight excluding hydrogens is 294 g/mol. The molecule has 0 amide bonds. The maximum absolute atomic E-state index is 11.4. The van der Waals surface area contributed by atoms with Crippen LogP contribution in [0.5, 0.6) is 0 Å². The highest BCUT2D eigenvalue weighted by molar-refractivity contribution is 7.88. The van der Waals surface area contributed by atoms with Crippen LogP contribution < -0.4 is 10.0 Å². The predicted molar refractivity (Wildman–Crippen MR) is 80.7 cm³/mol. The van der Waals surface area contributed by atoms with Gasteiger partial charge in [-0.2, -0.15) is 0 Å². The van der Waals surface area contributed by atoms with Crippen LogP contribution in [-0.4, -0.2) is 31.7 Å². The topological polar surface area (TPSA) is 101 Å². The monoisotopic (exact) mass is 313 g/mol. The van der Waals surface area contributed by atoms with Gasteiger partial charge in [-0.05, 0) is 25.0 Å². The van der Waals surface area contributed by atoms with Crippen molar-refractivity contribution in [3.8, 4) is 0 Å². The highest BCUT2D eigenvalue weighted by Gasteiger charge is 2.27. The Labute approximate surface area is 123 Å². The molecule has 1 fully saturated rings. The second-order valence-corrected chi connectivity index (χ2v) is 7.12. The summed E-state index contributed by atoms with van der Waals surface area (Å²) < 4.78 is 25.5. The van der Waals surface area contributed by atoms with Gasteiger partial charge >= 0.3 is 0 Å². The Balaban J connectivity index is 2.06. The lowest BCUT2D eigenvalue weighted by atomic mass is 9.91. The van der Waals surface area contributed by atoms with Crippen molar-refractivity contribution in [2.45, 2.75) is 37.8 Å². The van der Waals surface area contributed by atoms with Crippen molar-refractivity contribution < 1.29 is 13.3 Å². The molecular formula is C13H19N3O4S. The van der Waals surface area contributed by atoms with E-state index in [1.807, 2.05) is 0 Å². The minimum Gasteiger partial charge on any atom is -0.381 e. The number of nitrogens with zero attached hydrogens (tertiary/aromatic N) is 1. The van der Waals surface area contributed by atoms with E-state index in [1.54, 1.807) is 12.1 Å². The zero-order chi connectivity index (χ0) is 15.5. The van der Waals surface area contributed by atoms with Gasteiger partial charge in [0.05, 0.1) is 11.2 Å². The minimum atomic E-state index is -3.25. The van der Waals surface area contributed by atoms with Gasteiger partial charge in [-0.15, -0.1) is 0 Å². The molecule has 0 unspecified atom stereocenters. The number of hydrogen-bond acceptors (Lipinski definition) is 5. The fourth-order valence-corrected chi connectivity index (χ4v) is 3.45. The number of anilines is 1. The van der Waals surface area contributed by atoms with Gasteiger partial charge in [0, 0.05) is 29.9 Å². The molecule has 1 aromatic carbocycles. The van der Waals surface area contributed by atoms with Crippen molar-refractivity contribution >= 4 is 21.4 Å². The normalized spacial score (nSPS) is 22.7. The quantitative estimate of drug-likeness (QED) is 0.638. The molecule has 1 saturated carbocycles. The van der Waals surface area contributed by atoms with Crippen LogP contribution in [0.25, 0.3) is 0 Å². The number of nitro benzene ring substituents is 1. The highest BCUT2D eigenvalue weighted by atomic mass is 32.2. The zero-order valence-corrected chi connectivity index (χ0v) is 12.6. The van der Waals surface area contributed by atoms with E-state index in [4.69, 9.17) is 0 Å². The SMILES string of the molecule is CS(=O)(=O)N[C@H]1CCCC[C@H]1Nc1ccc([N+](=O)[O-])cc1. The van der Waals surface area contributed by atoms with E-state index in [9.17, 15) is 18.5 Å². The number of benzene rings is 1. The molecule has 7 nitrogen and oxygen atoms in total. The van der Waals surface area contributed by atoms with Crippen LogP contribution in [-0.2, 0) is 10.0 Å². The van der Waals surface area contributed by atoms with Crippen LogP contribution in [0.3, 0.4) is 0 Å². The molecule has 116 valence electrons. The number of nitro groups is 1. The molecule has 0 heterocycles. The maximum Gasteiger partial charge on any atom is 0.269 e. The molecule has 2 atom stereocenters. The van der Waals surface area contributed by atoms with Gasteiger partial charge in [0.1, 0.15) is 0 Å². The Kier molecular flexibility index (Phi) is 4.79. The first kappa shape index (κ1) is 15.7. The molecule has 1 aliphatic rings. The summed E-state index contributed by atoms with van der Waals surface area (Å²) in [5, 5.41) is 13.9. The molecule has 0 saturated heterocycles. The van der Waals surface area contributed by atoms with Gasteiger partial charge < -0.3 is 5.32 Å². The van der Waals surface area contributed by atoms with Crippen LogP contribution in [0.1, 0.15) is 25.7 Å². The van der Waals surface area contributed by atoms with Crippen molar-refractivity contribution in [3.63, 3.8) is 0 Å². The molecule has 0 bridgehead atoms. The van der Waals surface area contributed by atoms with Crippen LogP contribution in [0.4, 0.5) is 11.4 Å². The van der Waals surface area contributed by atoms with Gasteiger partial charge in [-0.1, -0.05) is 12.8 Å². The molecule has 2 N–H and O–H groups in total.